The zero-order valence-corrected chi connectivity index (χ0v) is 9.92. The molecule has 0 N–H and O–H groups in total. The first-order valence-electron chi connectivity index (χ1n) is 5.63. The van der Waals surface area contributed by atoms with E-state index in [1.165, 1.54) is 18.5 Å². The van der Waals surface area contributed by atoms with Crippen LogP contribution in [0.15, 0.2) is 42.7 Å². The Kier molecular flexibility index (Phi) is 5.96. The van der Waals surface area contributed by atoms with E-state index < -0.39 is 0 Å². The highest BCUT2D eigenvalue weighted by Gasteiger charge is 2.22. The van der Waals surface area contributed by atoms with Crippen molar-refractivity contribution in [3.8, 4) is 0 Å². The molecule has 1 aliphatic rings. The standard InChI is InChI=1S/C13H18N2O2/c1-3-14-9-5-6-13(16)15(4-2)12-7-10-17-11-8-12/h3-6,9,12H,1-2,7-8,10-11H2/b6-5+,14-9?. The summed E-state index contributed by atoms with van der Waals surface area (Å²) < 4.78 is 5.26. The minimum atomic E-state index is -0.0811. The van der Waals surface area contributed by atoms with E-state index in [0.717, 1.165) is 12.8 Å². The van der Waals surface area contributed by atoms with Crippen LogP contribution >= 0.6 is 0 Å². The summed E-state index contributed by atoms with van der Waals surface area (Å²) in [7, 11) is 0. The van der Waals surface area contributed by atoms with Crippen LogP contribution in [-0.4, -0.2) is 36.3 Å². The second kappa shape index (κ2) is 7.57. The highest BCUT2D eigenvalue weighted by atomic mass is 16.5. The molecule has 92 valence electrons. The Morgan fingerprint density at radius 3 is 2.65 bits per heavy atom. The Morgan fingerprint density at radius 1 is 1.35 bits per heavy atom. The fraction of sp³-hybridized carbons (Fsp3) is 0.385. The molecule has 0 spiro atoms. The fourth-order valence-electron chi connectivity index (χ4n) is 1.70. The maximum atomic E-state index is 11.9. The lowest BCUT2D eigenvalue weighted by atomic mass is 10.1. The Bertz CT molecular complexity index is 328. The minimum Gasteiger partial charge on any atom is -0.381 e. The second-order valence-corrected chi connectivity index (χ2v) is 3.61. The number of carbonyl (C=O) groups is 1. The molecule has 0 bridgehead atoms. The maximum Gasteiger partial charge on any atom is 0.250 e. The molecule has 4 nitrogen and oxygen atoms in total. The molecule has 0 aromatic heterocycles. The van der Waals surface area contributed by atoms with E-state index in [-0.39, 0.29) is 11.9 Å². The van der Waals surface area contributed by atoms with Gasteiger partial charge < -0.3 is 9.64 Å². The van der Waals surface area contributed by atoms with E-state index in [1.807, 2.05) is 0 Å². The normalized spacial score (nSPS) is 17.4. The molecule has 0 saturated carbocycles. The number of ether oxygens (including phenoxy) is 1. The van der Waals surface area contributed by atoms with Gasteiger partial charge in [0, 0.05) is 43.9 Å². The molecule has 1 rings (SSSR count). The van der Waals surface area contributed by atoms with Gasteiger partial charge in [0.1, 0.15) is 0 Å². The van der Waals surface area contributed by atoms with Gasteiger partial charge in [0.25, 0.3) is 5.91 Å². The van der Waals surface area contributed by atoms with Gasteiger partial charge >= 0.3 is 0 Å². The number of carbonyl (C=O) groups excluding carboxylic acids is 1. The summed E-state index contributed by atoms with van der Waals surface area (Å²) >= 11 is 0. The highest BCUT2D eigenvalue weighted by molar-refractivity contribution is 5.92. The van der Waals surface area contributed by atoms with Crippen LogP contribution < -0.4 is 0 Å². The monoisotopic (exact) mass is 234 g/mol. The van der Waals surface area contributed by atoms with E-state index in [1.54, 1.807) is 17.2 Å². The van der Waals surface area contributed by atoms with Crippen molar-refractivity contribution in [2.24, 2.45) is 4.99 Å². The number of rotatable bonds is 5. The topological polar surface area (TPSA) is 41.9 Å². The number of hydrogen-bond donors (Lipinski definition) is 0. The highest BCUT2D eigenvalue weighted by Crippen LogP contribution is 2.15. The summed E-state index contributed by atoms with van der Waals surface area (Å²) in [6.07, 6.45) is 9.30. The molecule has 1 aliphatic heterocycles. The Balaban J connectivity index is 2.56. The third-order valence-electron chi connectivity index (χ3n) is 2.55. The SMILES string of the molecule is C=CN=C/C=C/C(=O)N(C=C)C1CCOCC1. The zero-order chi connectivity index (χ0) is 12.5. The van der Waals surface area contributed by atoms with Crippen LogP contribution in [0.3, 0.4) is 0 Å². The summed E-state index contributed by atoms with van der Waals surface area (Å²) in [6, 6.07) is 0.190. The van der Waals surface area contributed by atoms with Gasteiger partial charge in [-0.3, -0.25) is 9.79 Å². The number of nitrogens with zero attached hydrogens (tertiary/aromatic N) is 2. The van der Waals surface area contributed by atoms with E-state index in [4.69, 9.17) is 4.74 Å². The molecule has 4 heteroatoms. The van der Waals surface area contributed by atoms with Crippen molar-refractivity contribution in [3.05, 3.63) is 37.7 Å². The van der Waals surface area contributed by atoms with Crippen LogP contribution in [0, 0.1) is 0 Å². The molecule has 17 heavy (non-hydrogen) atoms. The van der Waals surface area contributed by atoms with Gasteiger partial charge in [-0.1, -0.05) is 13.2 Å². The smallest absolute Gasteiger partial charge is 0.250 e. The third-order valence-corrected chi connectivity index (χ3v) is 2.55. The Hall–Kier alpha value is -1.68. The first-order valence-corrected chi connectivity index (χ1v) is 5.63. The van der Waals surface area contributed by atoms with Crippen molar-refractivity contribution < 1.29 is 9.53 Å². The molecule has 0 aromatic rings. The first kappa shape index (κ1) is 13.4. The Morgan fingerprint density at radius 2 is 2.06 bits per heavy atom. The molecule has 0 unspecified atom stereocenters. The summed E-state index contributed by atoms with van der Waals surface area (Å²) in [5.74, 6) is -0.0811. The van der Waals surface area contributed by atoms with Crippen LogP contribution in [0.25, 0.3) is 0 Å². The second-order valence-electron chi connectivity index (χ2n) is 3.61. The molecule has 0 aliphatic carbocycles. The van der Waals surface area contributed by atoms with Crippen LogP contribution in [0.2, 0.25) is 0 Å². The lowest BCUT2D eigenvalue weighted by molar-refractivity contribution is -0.126. The lowest BCUT2D eigenvalue weighted by Gasteiger charge is -2.30. The van der Waals surface area contributed by atoms with Gasteiger partial charge in [-0.25, -0.2) is 0 Å². The summed E-state index contributed by atoms with van der Waals surface area (Å²) in [5.41, 5.74) is 0. The lowest BCUT2D eigenvalue weighted by Crippen LogP contribution is -2.38. The fourth-order valence-corrected chi connectivity index (χ4v) is 1.70. The number of allylic oxidation sites excluding steroid dienone is 1. The zero-order valence-electron chi connectivity index (χ0n) is 9.92. The molecular weight excluding hydrogens is 216 g/mol. The first-order chi connectivity index (χ1) is 8.29. The number of hydrogen-bond acceptors (Lipinski definition) is 3. The van der Waals surface area contributed by atoms with Crippen molar-refractivity contribution in [2.45, 2.75) is 18.9 Å². The molecule has 1 saturated heterocycles. The van der Waals surface area contributed by atoms with E-state index in [0.29, 0.717) is 13.2 Å². The summed E-state index contributed by atoms with van der Waals surface area (Å²) in [5, 5.41) is 0. The van der Waals surface area contributed by atoms with Crippen molar-refractivity contribution in [1.29, 1.82) is 0 Å². The average Bonchev–Trinajstić information content (AvgIpc) is 2.37. The third kappa shape index (κ3) is 4.36. The van der Waals surface area contributed by atoms with Crippen molar-refractivity contribution >= 4 is 12.1 Å². The van der Waals surface area contributed by atoms with Crippen molar-refractivity contribution in [3.63, 3.8) is 0 Å². The molecule has 1 amide bonds. The predicted molar refractivity (Wildman–Crippen MR) is 68.7 cm³/mol. The molecule has 0 aromatic carbocycles. The maximum absolute atomic E-state index is 11.9. The quantitative estimate of drug-likeness (QED) is 0.538. The van der Waals surface area contributed by atoms with Gasteiger partial charge in [-0.15, -0.1) is 0 Å². The number of amides is 1. The largest absolute Gasteiger partial charge is 0.381 e. The van der Waals surface area contributed by atoms with Gasteiger partial charge in [0.15, 0.2) is 0 Å². The van der Waals surface area contributed by atoms with E-state index in [9.17, 15) is 4.79 Å². The van der Waals surface area contributed by atoms with Crippen molar-refractivity contribution in [1.82, 2.24) is 4.90 Å². The van der Waals surface area contributed by atoms with Gasteiger partial charge in [0.05, 0.1) is 0 Å². The molecule has 0 radical (unpaired) electrons. The molecular formula is C13H18N2O2. The van der Waals surface area contributed by atoms with Crippen LogP contribution in [0.5, 0.6) is 0 Å². The minimum absolute atomic E-state index is 0.0811. The molecule has 1 heterocycles. The predicted octanol–water partition coefficient (Wildman–Crippen LogP) is 1.91. The average molecular weight is 234 g/mol. The molecule has 1 fully saturated rings. The number of aliphatic imine (C=N–C) groups is 1. The van der Waals surface area contributed by atoms with E-state index in [2.05, 4.69) is 18.2 Å². The van der Waals surface area contributed by atoms with Gasteiger partial charge in [0.2, 0.25) is 0 Å². The van der Waals surface area contributed by atoms with Gasteiger partial charge in [-0.2, -0.15) is 0 Å². The summed E-state index contributed by atoms with van der Waals surface area (Å²) in [6.45, 7) is 8.52. The summed E-state index contributed by atoms with van der Waals surface area (Å²) in [4.78, 5) is 17.3. The van der Waals surface area contributed by atoms with Crippen LogP contribution in [-0.2, 0) is 9.53 Å². The van der Waals surface area contributed by atoms with Crippen molar-refractivity contribution in [2.75, 3.05) is 13.2 Å². The van der Waals surface area contributed by atoms with Crippen LogP contribution in [0.4, 0.5) is 0 Å². The Labute approximate surface area is 102 Å². The van der Waals surface area contributed by atoms with E-state index >= 15 is 0 Å². The molecule has 0 atom stereocenters. The van der Waals surface area contributed by atoms with Crippen LogP contribution in [0.1, 0.15) is 12.8 Å². The van der Waals surface area contributed by atoms with Gasteiger partial charge in [-0.05, 0) is 18.9 Å².